The molecule has 3 atom stereocenters. The monoisotopic (exact) mass is 280 g/mol. The van der Waals surface area contributed by atoms with Crippen LogP contribution < -0.4 is 10.2 Å². The highest BCUT2D eigenvalue weighted by molar-refractivity contribution is 6.31. The average molecular weight is 281 g/mol. The molecule has 0 amide bonds. The van der Waals surface area contributed by atoms with E-state index >= 15 is 0 Å². The van der Waals surface area contributed by atoms with Gasteiger partial charge in [-0.05, 0) is 43.0 Å². The van der Waals surface area contributed by atoms with Crippen LogP contribution >= 0.6 is 11.6 Å². The van der Waals surface area contributed by atoms with Crippen LogP contribution in [-0.2, 0) is 0 Å². The number of rotatable bonds is 4. The number of nitrogens with zero attached hydrogens (tertiary/aromatic N) is 1. The van der Waals surface area contributed by atoms with E-state index in [0.29, 0.717) is 6.04 Å². The number of benzene rings is 1. The second-order valence-electron chi connectivity index (χ2n) is 5.84. The Morgan fingerprint density at radius 2 is 1.95 bits per heavy atom. The molecule has 0 spiro atoms. The Hall–Kier alpha value is -0.730. The molecule has 0 aliphatic carbocycles. The van der Waals surface area contributed by atoms with Crippen LogP contribution in [0.5, 0.6) is 0 Å². The van der Waals surface area contributed by atoms with Crippen LogP contribution in [0.1, 0.15) is 39.3 Å². The molecule has 1 aliphatic rings. The number of anilines is 1. The van der Waals surface area contributed by atoms with Gasteiger partial charge in [-0.15, -0.1) is 0 Å². The molecule has 2 nitrogen and oxygen atoms in total. The first-order valence-electron chi connectivity index (χ1n) is 7.30. The van der Waals surface area contributed by atoms with Crippen LogP contribution in [-0.4, -0.2) is 19.6 Å². The lowest BCUT2D eigenvalue weighted by molar-refractivity contribution is 0.494. The summed E-state index contributed by atoms with van der Waals surface area (Å²) in [6.45, 7) is 12.2. The normalized spacial score (nSPS) is 24.8. The van der Waals surface area contributed by atoms with Crippen molar-refractivity contribution in [3.05, 3.63) is 28.8 Å². The third-order valence-corrected chi connectivity index (χ3v) is 4.64. The second kappa shape index (κ2) is 6.15. The molecular formula is C16H25ClN2. The number of halogens is 1. The Morgan fingerprint density at radius 1 is 1.32 bits per heavy atom. The molecule has 2 rings (SSSR count). The summed E-state index contributed by atoms with van der Waals surface area (Å²) in [5.41, 5.74) is 2.45. The van der Waals surface area contributed by atoms with E-state index in [1.54, 1.807) is 0 Å². The molecule has 1 saturated heterocycles. The Labute approximate surface area is 122 Å². The standard InChI is InChI=1S/C16H25ClN2/c1-5-18-13(4)15-7-6-14(8-16(15)17)19-9-11(2)12(3)10-19/h6-8,11-13,18H,5,9-10H2,1-4H3. The van der Waals surface area contributed by atoms with Crippen molar-refractivity contribution in [2.24, 2.45) is 11.8 Å². The van der Waals surface area contributed by atoms with Gasteiger partial charge in [-0.2, -0.15) is 0 Å². The van der Waals surface area contributed by atoms with Gasteiger partial charge in [0, 0.05) is 29.8 Å². The maximum Gasteiger partial charge on any atom is 0.0474 e. The third kappa shape index (κ3) is 3.24. The third-order valence-electron chi connectivity index (χ3n) is 4.31. The molecule has 3 unspecified atom stereocenters. The topological polar surface area (TPSA) is 15.3 Å². The van der Waals surface area contributed by atoms with E-state index in [0.717, 1.165) is 36.5 Å². The summed E-state index contributed by atoms with van der Waals surface area (Å²) in [6.07, 6.45) is 0. The van der Waals surface area contributed by atoms with Crippen LogP contribution in [0.25, 0.3) is 0 Å². The largest absolute Gasteiger partial charge is 0.371 e. The summed E-state index contributed by atoms with van der Waals surface area (Å²) < 4.78 is 0. The lowest BCUT2D eigenvalue weighted by Gasteiger charge is -2.21. The smallest absolute Gasteiger partial charge is 0.0474 e. The van der Waals surface area contributed by atoms with Gasteiger partial charge < -0.3 is 10.2 Å². The summed E-state index contributed by atoms with van der Waals surface area (Å²) >= 11 is 6.44. The molecule has 0 saturated carbocycles. The van der Waals surface area contributed by atoms with Crippen LogP contribution in [0, 0.1) is 11.8 Å². The van der Waals surface area contributed by atoms with Gasteiger partial charge in [0.2, 0.25) is 0 Å². The van der Waals surface area contributed by atoms with Crippen molar-refractivity contribution < 1.29 is 0 Å². The highest BCUT2D eigenvalue weighted by Gasteiger charge is 2.26. The average Bonchev–Trinajstić information content (AvgIpc) is 2.69. The van der Waals surface area contributed by atoms with Crippen molar-refractivity contribution in [2.45, 2.75) is 33.7 Å². The van der Waals surface area contributed by atoms with Gasteiger partial charge in [0.1, 0.15) is 0 Å². The summed E-state index contributed by atoms with van der Waals surface area (Å²) in [4.78, 5) is 2.45. The number of hydrogen-bond acceptors (Lipinski definition) is 2. The maximum atomic E-state index is 6.44. The molecule has 3 heteroatoms. The van der Waals surface area contributed by atoms with Gasteiger partial charge in [0.15, 0.2) is 0 Å². The minimum absolute atomic E-state index is 0.308. The molecule has 1 N–H and O–H groups in total. The maximum absolute atomic E-state index is 6.44. The van der Waals surface area contributed by atoms with Crippen LogP contribution in [0.2, 0.25) is 5.02 Å². The SMILES string of the molecule is CCNC(C)c1ccc(N2CC(C)C(C)C2)cc1Cl. The predicted octanol–water partition coefficient (Wildman–Crippen LogP) is 4.10. The molecule has 0 radical (unpaired) electrons. The Morgan fingerprint density at radius 3 is 2.47 bits per heavy atom. The Balaban J connectivity index is 2.15. The van der Waals surface area contributed by atoms with E-state index < -0.39 is 0 Å². The van der Waals surface area contributed by atoms with Crippen molar-refractivity contribution >= 4 is 17.3 Å². The first kappa shape index (κ1) is 14.7. The minimum Gasteiger partial charge on any atom is -0.371 e. The predicted molar refractivity (Wildman–Crippen MR) is 84.1 cm³/mol. The van der Waals surface area contributed by atoms with Crippen molar-refractivity contribution in [2.75, 3.05) is 24.5 Å². The van der Waals surface area contributed by atoms with E-state index in [9.17, 15) is 0 Å². The number of nitrogens with one attached hydrogen (secondary N) is 1. The first-order valence-corrected chi connectivity index (χ1v) is 7.68. The molecule has 1 aliphatic heterocycles. The molecule has 1 fully saturated rings. The van der Waals surface area contributed by atoms with E-state index in [1.165, 1.54) is 11.3 Å². The second-order valence-corrected chi connectivity index (χ2v) is 6.25. The molecule has 0 aromatic heterocycles. The van der Waals surface area contributed by atoms with E-state index in [2.05, 4.69) is 56.1 Å². The summed E-state index contributed by atoms with van der Waals surface area (Å²) in [7, 11) is 0. The van der Waals surface area contributed by atoms with Gasteiger partial charge in [-0.3, -0.25) is 0 Å². The molecule has 0 bridgehead atoms. The van der Waals surface area contributed by atoms with Gasteiger partial charge in [0.25, 0.3) is 0 Å². The van der Waals surface area contributed by atoms with Gasteiger partial charge in [-0.1, -0.05) is 38.4 Å². The molecule has 19 heavy (non-hydrogen) atoms. The number of hydrogen-bond donors (Lipinski definition) is 1. The van der Waals surface area contributed by atoms with E-state index in [-0.39, 0.29) is 0 Å². The van der Waals surface area contributed by atoms with Gasteiger partial charge in [0.05, 0.1) is 0 Å². The lowest BCUT2D eigenvalue weighted by Crippen LogP contribution is -2.21. The highest BCUT2D eigenvalue weighted by atomic mass is 35.5. The summed E-state index contributed by atoms with van der Waals surface area (Å²) in [5.74, 6) is 1.53. The first-order chi connectivity index (χ1) is 9.02. The molecule has 106 valence electrons. The van der Waals surface area contributed by atoms with Crippen LogP contribution in [0.15, 0.2) is 18.2 Å². The molecule has 1 aromatic carbocycles. The van der Waals surface area contributed by atoms with E-state index in [1.807, 2.05) is 0 Å². The zero-order valence-corrected chi connectivity index (χ0v) is 13.2. The molecular weight excluding hydrogens is 256 g/mol. The lowest BCUT2D eigenvalue weighted by atomic mass is 10.0. The zero-order valence-electron chi connectivity index (χ0n) is 12.4. The Kier molecular flexibility index (Phi) is 4.75. The van der Waals surface area contributed by atoms with Gasteiger partial charge in [-0.25, -0.2) is 0 Å². The van der Waals surface area contributed by atoms with Crippen molar-refractivity contribution in [1.82, 2.24) is 5.32 Å². The minimum atomic E-state index is 0.308. The summed E-state index contributed by atoms with van der Waals surface area (Å²) in [6, 6.07) is 6.80. The van der Waals surface area contributed by atoms with Crippen LogP contribution in [0.3, 0.4) is 0 Å². The molecule has 1 heterocycles. The zero-order chi connectivity index (χ0) is 14.0. The Bertz CT molecular complexity index is 423. The highest BCUT2D eigenvalue weighted by Crippen LogP contribution is 2.32. The van der Waals surface area contributed by atoms with Gasteiger partial charge >= 0.3 is 0 Å². The van der Waals surface area contributed by atoms with Crippen molar-refractivity contribution in [3.8, 4) is 0 Å². The fourth-order valence-corrected chi connectivity index (χ4v) is 3.16. The quantitative estimate of drug-likeness (QED) is 0.893. The summed E-state index contributed by atoms with van der Waals surface area (Å²) in [5, 5.41) is 4.28. The van der Waals surface area contributed by atoms with Crippen LogP contribution in [0.4, 0.5) is 5.69 Å². The van der Waals surface area contributed by atoms with Crippen molar-refractivity contribution in [1.29, 1.82) is 0 Å². The fourth-order valence-electron chi connectivity index (χ4n) is 2.82. The van der Waals surface area contributed by atoms with E-state index in [4.69, 9.17) is 11.6 Å². The molecule has 1 aromatic rings. The van der Waals surface area contributed by atoms with Crippen molar-refractivity contribution in [3.63, 3.8) is 0 Å². The fraction of sp³-hybridized carbons (Fsp3) is 0.625.